The minimum absolute atomic E-state index is 0.330. The van der Waals surface area contributed by atoms with Crippen LogP contribution in [0.25, 0.3) is 0 Å². The van der Waals surface area contributed by atoms with Crippen LogP contribution in [0.1, 0.15) is 25.5 Å². The first-order valence-electron chi connectivity index (χ1n) is 5.31. The number of benzene rings is 1. The summed E-state index contributed by atoms with van der Waals surface area (Å²) in [5.74, 6) is 2.34. The van der Waals surface area contributed by atoms with Gasteiger partial charge in [0.25, 0.3) is 0 Å². The van der Waals surface area contributed by atoms with Gasteiger partial charge in [-0.3, -0.25) is 0 Å². The highest BCUT2D eigenvalue weighted by atomic mass is 35.5. The smallest absolute Gasteiger partial charge is 0.0453 e. The van der Waals surface area contributed by atoms with E-state index in [0.29, 0.717) is 6.04 Å². The summed E-state index contributed by atoms with van der Waals surface area (Å²) in [5, 5.41) is 4.32. The van der Waals surface area contributed by atoms with Gasteiger partial charge in [-0.2, -0.15) is 11.8 Å². The zero-order valence-corrected chi connectivity index (χ0v) is 10.9. The fraction of sp³-hybridized carbons (Fsp3) is 0.500. The lowest BCUT2D eigenvalue weighted by Gasteiger charge is -2.15. The van der Waals surface area contributed by atoms with E-state index in [2.05, 4.69) is 25.2 Å². The lowest BCUT2D eigenvalue weighted by atomic mass is 10.1. The average Bonchev–Trinajstić information content (AvgIpc) is 2.25. The summed E-state index contributed by atoms with van der Waals surface area (Å²) in [7, 11) is 0. The summed E-state index contributed by atoms with van der Waals surface area (Å²) in [6.45, 7) is 5.37. The molecule has 0 fully saturated rings. The predicted molar refractivity (Wildman–Crippen MR) is 70.9 cm³/mol. The van der Waals surface area contributed by atoms with Gasteiger partial charge in [-0.25, -0.2) is 0 Å². The zero-order valence-electron chi connectivity index (χ0n) is 9.29. The van der Waals surface area contributed by atoms with Crippen molar-refractivity contribution in [2.45, 2.75) is 19.9 Å². The highest BCUT2D eigenvalue weighted by molar-refractivity contribution is 7.99. The maximum absolute atomic E-state index is 6.11. The molecule has 1 nitrogen and oxygen atoms in total. The number of rotatable bonds is 6. The van der Waals surface area contributed by atoms with Gasteiger partial charge in [-0.15, -0.1) is 0 Å². The van der Waals surface area contributed by atoms with E-state index in [0.717, 1.165) is 17.3 Å². The molecule has 1 aromatic carbocycles. The van der Waals surface area contributed by atoms with E-state index >= 15 is 0 Å². The molecule has 0 radical (unpaired) electrons. The van der Waals surface area contributed by atoms with Crippen LogP contribution in [-0.2, 0) is 0 Å². The molecule has 0 amide bonds. The minimum Gasteiger partial charge on any atom is -0.309 e. The van der Waals surface area contributed by atoms with Crippen molar-refractivity contribution < 1.29 is 0 Å². The van der Waals surface area contributed by atoms with Gasteiger partial charge in [-0.05, 0) is 24.3 Å². The van der Waals surface area contributed by atoms with Crippen LogP contribution in [0.3, 0.4) is 0 Å². The van der Waals surface area contributed by atoms with Crippen molar-refractivity contribution in [3.05, 3.63) is 34.9 Å². The predicted octanol–water partition coefficient (Wildman–Crippen LogP) is 3.74. The van der Waals surface area contributed by atoms with E-state index in [1.165, 1.54) is 11.3 Å². The molecule has 1 N–H and O–H groups in total. The maximum atomic E-state index is 6.11. The first-order chi connectivity index (χ1) is 7.25. The van der Waals surface area contributed by atoms with Crippen LogP contribution in [0.15, 0.2) is 24.3 Å². The molecule has 0 bridgehead atoms. The molecule has 1 atom stereocenters. The van der Waals surface area contributed by atoms with Crippen molar-refractivity contribution in [1.29, 1.82) is 0 Å². The van der Waals surface area contributed by atoms with Crippen molar-refractivity contribution in [2.24, 2.45) is 0 Å². The molecule has 0 spiro atoms. The molecule has 0 aromatic heterocycles. The second kappa shape index (κ2) is 7.15. The maximum Gasteiger partial charge on any atom is 0.0453 e. The monoisotopic (exact) mass is 243 g/mol. The van der Waals surface area contributed by atoms with Gasteiger partial charge in [0.1, 0.15) is 0 Å². The topological polar surface area (TPSA) is 12.0 Å². The molecular formula is C12H18ClNS. The Labute approximate surface area is 102 Å². The first kappa shape index (κ1) is 12.9. The second-order valence-electron chi connectivity index (χ2n) is 3.39. The van der Waals surface area contributed by atoms with Crippen molar-refractivity contribution >= 4 is 23.4 Å². The number of nitrogens with one attached hydrogen (secondary N) is 1. The highest BCUT2D eigenvalue weighted by Gasteiger charge is 2.07. The van der Waals surface area contributed by atoms with Gasteiger partial charge < -0.3 is 5.32 Å². The molecule has 15 heavy (non-hydrogen) atoms. The first-order valence-corrected chi connectivity index (χ1v) is 6.84. The Morgan fingerprint density at radius 1 is 1.40 bits per heavy atom. The molecule has 0 saturated carbocycles. The van der Waals surface area contributed by atoms with Gasteiger partial charge in [0.2, 0.25) is 0 Å². The van der Waals surface area contributed by atoms with E-state index in [1.807, 2.05) is 30.0 Å². The van der Waals surface area contributed by atoms with Crippen molar-refractivity contribution in [3.63, 3.8) is 0 Å². The van der Waals surface area contributed by atoms with E-state index in [1.54, 1.807) is 0 Å². The fourth-order valence-corrected chi connectivity index (χ4v) is 2.28. The third kappa shape index (κ3) is 4.45. The Morgan fingerprint density at radius 2 is 2.13 bits per heavy atom. The van der Waals surface area contributed by atoms with E-state index in [4.69, 9.17) is 11.6 Å². The molecule has 1 rings (SSSR count). The summed E-state index contributed by atoms with van der Waals surface area (Å²) in [6, 6.07) is 8.34. The molecule has 0 aliphatic carbocycles. The van der Waals surface area contributed by atoms with Crippen molar-refractivity contribution in [2.75, 3.05) is 18.1 Å². The van der Waals surface area contributed by atoms with Crippen LogP contribution in [0.2, 0.25) is 5.02 Å². The highest BCUT2D eigenvalue weighted by Crippen LogP contribution is 2.21. The van der Waals surface area contributed by atoms with Crippen LogP contribution in [0.4, 0.5) is 0 Å². The third-order valence-corrected chi connectivity index (χ3v) is 3.52. The van der Waals surface area contributed by atoms with Gasteiger partial charge in [-0.1, -0.05) is 36.7 Å². The van der Waals surface area contributed by atoms with E-state index in [-0.39, 0.29) is 0 Å². The molecule has 0 heterocycles. The van der Waals surface area contributed by atoms with E-state index in [9.17, 15) is 0 Å². The Bertz CT molecular complexity index is 291. The van der Waals surface area contributed by atoms with Crippen LogP contribution in [0.5, 0.6) is 0 Å². The standard InChI is InChI=1S/C12H18ClNS/c1-3-15-9-8-14-10(2)11-6-4-5-7-12(11)13/h4-7,10,14H,3,8-9H2,1-2H3/t10-/m1/s1. The summed E-state index contributed by atoms with van der Waals surface area (Å²) < 4.78 is 0. The van der Waals surface area contributed by atoms with Crippen molar-refractivity contribution in [3.8, 4) is 0 Å². The SMILES string of the molecule is CCSCCN[C@H](C)c1ccccc1Cl. The number of halogens is 1. The van der Waals surface area contributed by atoms with Crippen LogP contribution >= 0.6 is 23.4 Å². The summed E-state index contributed by atoms with van der Waals surface area (Å²) in [5.41, 5.74) is 1.18. The Kier molecular flexibility index (Phi) is 6.15. The molecule has 0 unspecified atom stereocenters. The van der Waals surface area contributed by atoms with Crippen LogP contribution < -0.4 is 5.32 Å². The molecular weight excluding hydrogens is 226 g/mol. The number of hydrogen-bond acceptors (Lipinski definition) is 2. The van der Waals surface area contributed by atoms with Gasteiger partial charge in [0, 0.05) is 23.4 Å². The number of hydrogen-bond donors (Lipinski definition) is 1. The average molecular weight is 244 g/mol. The largest absolute Gasteiger partial charge is 0.309 e. The molecule has 0 aliphatic heterocycles. The Hall–Kier alpha value is -0.180. The summed E-state index contributed by atoms with van der Waals surface area (Å²) >= 11 is 8.07. The summed E-state index contributed by atoms with van der Waals surface area (Å²) in [6.07, 6.45) is 0. The second-order valence-corrected chi connectivity index (χ2v) is 5.20. The minimum atomic E-state index is 0.330. The quantitative estimate of drug-likeness (QED) is 0.764. The fourth-order valence-electron chi connectivity index (χ4n) is 1.43. The zero-order chi connectivity index (χ0) is 11.1. The van der Waals surface area contributed by atoms with Gasteiger partial charge >= 0.3 is 0 Å². The van der Waals surface area contributed by atoms with Crippen LogP contribution in [-0.4, -0.2) is 18.1 Å². The lowest BCUT2D eigenvalue weighted by molar-refractivity contribution is 0.601. The Morgan fingerprint density at radius 3 is 2.80 bits per heavy atom. The lowest BCUT2D eigenvalue weighted by Crippen LogP contribution is -2.21. The number of thioether (sulfide) groups is 1. The van der Waals surface area contributed by atoms with Gasteiger partial charge in [0.05, 0.1) is 0 Å². The van der Waals surface area contributed by atoms with Gasteiger partial charge in [0.15, 0.2) is 0 Å². The third-order valence-electron chi connectivity index (χ3n) is 2.27. The van der Waals surface area contributed by atoms with Crippen LogP contribution in [0, 0.1) is 0 Å². The molecule has 0 aliphatic rings. The molecule has 3 heteroatoms. The molecule has 84 valence electrons. The van der Waals surface area contributed by atoms with E-state index < -0.39 is 0 Å². The molecule has 1 aromatic rings. The normalized spacial score (nSPS) is 12.7. The van der Waals surface area contributed by atoms with Crippen molar-refractivity contribution in [1.82, 2.24) is 5.32 Å². The summed E-state index contributed by atoms with van der Waals surface area (Å²) in [4.78, 5) is 0. The Balaban J connectivity index is 2.40. The molecule has 0 saturated heterocycles.